The number of rotatable bonds is 6. The van der Waals surface area contributed by atoms with Crippen LogP contribution in [0.2, 0.25) is 0 Å². The molecule has 31 heavy (non-hydrogen) atoms. The third kappa shape index (κ3) is 4.63. The maximum absolute atomic E-state index is 13.6. The summed E-state index contributed by atoms with van der Waals surface area (Å²) in [6.45, 7) is 7.20. The first-order chi connectivity index (χ1) is 14.9. The van der Waals surface area contributed by atoms with Gasteiger partial charge in [0.15, 0.2) is 0 Å². The van der Waals surface area contributed by atoms with E-state index in [0.717, 1.165) is 69.8 Å². The Bertz CT molecular complexity index is 806. The van der Waals surface area contributed by atoms with Gasteiger partial charge in [-0.1, -0.05) is 0 Å². The van der Waals surface area contributed by atoms with E-state index in [1.165, 1.54) is 0 Å². The van der Waals surface area contributed by atoms with Crippen LogP contribution < -0.4 is 5.32 Å². The largest absolute Gasteiger partial charge is 0.480 e. The van der Waals surface area contributed by atoms with Crippen LogP contribution in [0.25, 0.3) is 0 Å². The second kappa shape index (κ2) is 9.26. The molecule has 9 nitrogen and oxygen atoms in total. The molecule has 3 aliphatic rings. The zero-order chi connectivity index (χ0) is 22.0. The molecule has 1 amide bonds. The molecule has 172 valence electrons. The molecule has 0 unspecified atom stereocenters. The van der Waals surface area contributed by atoms with E-state index in [9.17, 15) is 14.7 Å². The summed E-state index contributed by atoms with van der Waals surface area (Å²) in [6.07, 6.45) is 5.44. The Balaban J connectivity index is 1.49. The predicted molar refractivity (Wildman–Crippen MR) is 114 cm³/mol. The molecule has 2 saturated heterocycles. The SMILES string of the molecule is Cc1c(CNC(=O)[C@@]23CC[C@H](N4CCOCC4)C[C@H]2CCN(CC(=O)O)C3)cnn1C. The van der Waals surface area contributed by atoms with Gasteiger partial charge in [-0.3, -0.25) is 24.1 Å². The van der Waals surface area contributed by atoms with Gasteiger partial charge in [0.2, 0.25) is 5.91 Å². The monoisotopic (exact) mass is 433 g/mol. The van der Waals surface area contributed by atoms with Gasteiger partial charge in [-0.25, -0.2) is 0 Å². The molecule has 1 saturated carbocycles. The number of aromatic nitrogens is 2. The number of aliphatic carboxylic acids is 1. The fourth-order valence-electron chi connectivity index (χ4n) is 5.76. The van der Waals surface area contributed by atoms with Gasteiger partial charge in [0.1, 0.15) is 0 Å². The van der Waals surface area contributed by atoms with Crippen molar-refractivity contribution in [3.05, 3.63) is 17.5 Å². The number of nitrogens with one attached hydrogen (secondary N) is 1. The average Bonchev–Trinajstić information content (AvgIpc) is 3.09. The Morgan fingerprint density at radius 1 is 1.29 bits per heavy atom. The number of amides is 1. The minimum Gasteiger partial charge on any atom is -0.480 e. The lowest BCUT2D eigenvalue weighted by molar-refractivity contribution is -0.150. The van der Waals surface area contributed by atoms with Crippen LogP contribution in [0.15, 0.2) is 6.20 Å². The highest BCUT2D eigenvalue weighted by Gasteiger charge is 2.52. The van der Waals surface area contributed by atoms with Crippen LogP contribution in [0.1, 0.15) is 36.9 Å². The molecule has 1 aromatic heterocycles. The van der Waals surface area contributed by atoms with Crippen LogP contribution in [0.5, 0.6) is 0 Å². The van der Waals surface area contributed by atoms with E-state index < -0.39 is 11.4 Å². The number of carbonyl (C=O) groups is 2. The number of nitrogens with zero attached hydrogens (tertiary/aromatic N) is 4. The summed E-state index contributed by atoms with van der Waals surface area (Å²) in [4.78, 5) is 29.4. The van der Waals surface area contributed by atoms with Crippen molar-refractivity contribution in [1.82, 2.24) is 24.9 Å². The van der Waals surface area contributed by atoms with Gasteiger partial charge in [0.05, 0.1) is 31.4 Å². The van der Waals surface area contributed by atoms with Gasteiger partial charge in [-0.05, 0) is 45.1 Å². The highest BCUT2D eigenvalue weighted by Crippen LogP contribution is 2.48. The van der Waals surface area contributed by atoms with Crippen LogP contribution in [-0.4, -0.2) is 88.5 Å². The Labute approximate surface area is 183 Å². The second-order valence-electron chi connectivity index (χ2n) is 9.38. The highest BCUT2D eigenvalue weighted by atomic mass is 16.5. The zero-order valence-corrected chi connectivity index (χ0v) is 18.7. The molecule has 3 atom stereocenters. The average molecular weight is 434 g/mol. The number of carbonyl (C=O) groups excluding carboxylic acids is 1. The van der Waals surface area contributed by atoms with Crippen molar-refractivity contribution < 1.29 is 19.4 Å². The highest BCUT2D eigenvalue weighted by molar-refractivity contribution is 5.83. The Hall–Kier alpha value is -1.97. The van der Waals surface area contributed by atoms with Crippen molar-refractivity contribution in [2.45, 2.75) is 45.2 Å². The fraction of sp³-hybridized carbons (Fsp3) is 0.773. The third-order valence-electron chi connectivity index (χ3n) is 7.71. The van der Waals surface area contributed by atoms with Gasteiger partial charge < -0.3 is 15.2 Å². The van der Waals surface area contributed by atoms with E-state index in [-0.39, 0.29) is 18.4 Å². The summed E-state index contributed by atoms with van der Waals surface area (Å²) in [5.41, 5.74) is 1.54. The smallest absolute Gasteiger partial charge is 0.317 e. The predicted octanol–water partition coefficient (Wildman–Crippen LogP) is 0.622. The second-order valence-corrected chi connectivity index (χ2v) is 9.38. The number of aryl methyl sites for hydroxylation is 1. The Kier molecular flexibility index (Phi) is 6.64. The molecule has 4 rings (SSSR count). The number of hydrogen-bond donors (Lipinski definition) is 2. The van der Waals surface area contributed by atoms with Crippen molar-refractivity contribution in [3.8, 4) is 0 Å². The van der Waals surface area contributed by atoms with Crippen molar-refractivity contribution in [2.24, 2.45) is 18.4 Å². The maximum Gasteiger partial charge on any atom is 0.317 e. The van der Waals surface area contributed by atoms with Gasteiger partial charge in [-0.2, -0.15) is 5.10 Å². The number of likely N-dealkylation sites (tertiary alicyclic amines) is 1. The summed E-state index contributed by atoms with van der Waals surface area (Å²) < 4.78 is 7.33. The van der Waals surface area contributed by atoms with E-state index in [4.69, 9.17) is 4.74 Å². The van der Waals surface area contributed by atoms with Gasteiger partial charge in [-0.15, -0.1) is 0 Å². The van der Waals surface area contributed by atoms with Crippen LogP contribution in [0.3, 0.4) is 0 Å². The molecule has 0 spiro atoms. The Morgan fingerprint density at radius 2 is 2.06 bits per heavy atom. The lowest BCUT2D eigenvalue weighted by atomic mass is 9.61. The van der Waals surface area contributed by atoms with Gasteiger partial charge in [0.25, 0.3) is 0 Å². The van der Waals surface area contributed by atoms with Crippen molar-refractivity contribution >= 4 is 11.9 Å². The van der Waals surface area contributed by atoms with Gasteiger partial charge in [0, 0.05) is 50.5 Å². The minimum atomic E-state index is -0.831. The van der Waals surface area contributed by atoms with E-state index in [0.29, 0.717) is 19.1 Å². The first kappa shape index (κ1) is 22.2. The third-order valence-corrected chi connectivity index (χ3v) is 7.71. The topological polar surface area (TPSA) is 99.9 Å². The molecule has 9 heteroatoms. The summed E-state index contributed by atoms with van der Waals surface area (Å²) in [5.74, 6) is -0.493. The summed E-state index contributed by atoms with van der Waals surface area (Å²) >= 11 is 0. The van der Waals surface area contributed by atoms with Crippen LogP contribution in [-0.2, 0) is 27.9 Å². The number of fused-ring (bicyclic) bond motifs is 1. The number of piperidine rings is 1. The first-order valence-corrected chi connectivity index (χ1v) is 11.4. The number of carboxylic acid groups (broad SMARTS) is 1. The van der Waals surface area contributed by atoms with E-state index in [1.807, 2.05) is 23.6 Å². The molecule has 1 aliphatic carbocycles. The lowest BCUT2D eigenvalue weighted by Crippen LogP contribution is -2.61. The number of carboxylic acids is 1. The zero-order valence-electron chi connectivity index (χ0n) is 18.7. The molecule has 2 aliphatic heterocycles. The maximum atomic E-state index is 13.6. The van der Waals surface area contributed by atoms with Crippen LogP contribution in [0.4, 0.5) is 0 Å². The van der Waals surface area contributed by atoms with Crippen molar-refractivity contribution in [2.75, 3.05) is 45.9 Å². The molecular formula is C22H35N5O4. The van der Waals surface area contributed by atoms with Crippen molar-refractivity contribution in [3.63, 3.8) is 0 Å². The minimum absolute atomic E-state index is 0.00362. The normalized spacial score (nSPS) is 30.0. The molecule has 3 heterocycles. The molecular weight excluding hydrogens is 398 g/mol. The summed E-state index contributed by atoms with van der Waals surface area (Å²) in [5, 5.41) is 16.8. The Morgan fingerprint density at radius 3 is 2.74 bits per heavy atom. The number of ether oxygens (including phenoxy) is 1. The number of morpholine rings is 1. The molecule has 2 N–H and O–H groups in total. The quantitative estimate of drug-likeness (QED) is 0.678. The van der Waals surface area contributed by atoms with E-state index in [1.54, 1.807) is 6.20 Å². The first-order valence-electron chi connectivity index (χ1n) is 11.4. The van der Waals surface area contributed by atoms with Crippen LogP contribution >= 0.6 is 0 Å². The van der Waals surface area contributed by atoms with Crippen LogP contribution in [0, 0.1) is 18.3 Å². The van der Waals surface area contributed by atoms with E-state index >= 15 is 0 Å². The summed E-state index contributed by atoms with van der Waals surface area (Å²) in [6, 6.07) is 0.487. The van der Waals surface area contributed by atoms with E-state index in [2.05, 4.69) is 15.3 Å². The van der Waals surface area contributed by atoms with Gasteiger partial charge >= 0.3 is 5.97 Å². The fourth-order valence-corrected chi connectivity index (χ4v) is 5.76. The summed E-state index contributed by atoms with van der Waals surface area (Å²) in [7, 11) is 1.90. The lowest BCUT2D eigenvalue weighted by Gasteiger charge is -2.53. The molecule has 0 aromatic carbocycles. The molecule has 1 aromatic rings. The number of hydrogen-bond acceptors (Lipinski definition) is 6. The molecule has 3 fully saturated rings. The van der Waals surface area contributed by atoms with Crippen molar-refractivity contribution in [1.29, 1.82) is 0 Å². The standard InChI is InChI=1S/C22H35N5O4/c1-16-17(13-24-25(16)2)12-23-21(30)22-5-3-19(27-7-9-31-10-8-27)11-18(22)4-6-26(15-22)14-20(28)29/h13,18-19H,3-12,14-15H2,1-2H3,(H,23,30)(H,28,29)/t18-,19+,22-/m1/s1. The molecule has 0 bridgehead atoms. The molecule has 0 radical (unpaired) electrons.